The molecular formula is C11H19Br2ClO5. The summed E-state index contributed by atoms with van der Waals surface area (Å²) in [5.41, 5.74) is -0.585. The van der Waals surface area contributed by atoms with E-state index in [9.17, 15) is 9.59 Å². The Morgan fingerprint density at radius 2 is 1.68 bits per heavy atom. The maximum Gasteiger partial charge on any atom is 0.317 e. The van der Waals surface area contributed by atoms with Gasteiger partial charge in [0.15, 0.2) is 0 Å². The molecule has 0 aromatic rings. The first-order chi connectivity index (χ1) is 8.79. The number of hydrogen-bond donors (Lipinski definition) is 0. The van der Waals surface area contributed by atoms with Gasteiger partial charge in [-0.15, -0.1) is 0 Å². The normalized spacial score (nSPS) is 10.4. The Balaban J connectivity index is 0. The fourth-order valence-electron chi connectivity index (χ4n) is 0.825. The highest BCUT2D eigenvalue weighted by Gasteiger charge is 2.22. The molecule has 8 heteroatoms. The molecule has 0 fully saturated rings. The van der Waals surface area contributed by atoms with Crippen molar-refractivity contribution in [2.45, 2.75) is 19.4 Å². The minimum atomic E-state index is -0.585. The Kier molecular flexibility index (Phi) is 15.1. The van der Waals surface area contributed by atoms with Gasteiger partial charge in [-0.3, -0.25) is 9.59 Å². The Morgan fingerprint density at radius 3 is 2.05 bits per heavy atom. The third-order valence-corrected chi connectivity index (χ3v) is 2.91. The topological polar surface area (TPSA) is 61.8 Å². The van der Waals surface area contributed by atoms with Gasteiger partial charge in [0, 0.05) is 7.11 Å². The summed E-state index contributed by atoms with van der Waals surface area (Å²) in [6, 6.07) is 0. The molecular weight excluding hydrogens is 407 g/mol. The van der Waals surface area contributed by atoms with Crippen molar-refractivity contribution in [2.75, 3.05) is 37.6 Å². The van der Waals surface area contributed by atoms with Crippen molar-refractivity contribution in [1.82, 2.24) is 0 Å². The van der Waals surface area contributed by atoms with Gasteiger partial charge in [0.1, 0.15) is 10.9 Å². The Labute approximate surface area is 135 Å². The van der Waals surface area contributed by atoms with E-state index < -0.39 is 5.60 Å². The fourth-order valence-corrected chi connectivity index (χ4v) is 0.940. The van der Waals surface area contributed by atoms with Crippen LogP contribution in [0, 0.1) is 0 Å². The summed E-state index contributed by atoms with van der Waals surface area (Å²) >= 11 is 10.6. The zero-order chi connectivity index (χ0) is 15.3. The summed E-state index contributed by atoms with van der Waals surface area (Å²) < 4.78 is 15.2. The summed E-state index contributed by atoms with van der Waals surface area (Å²) in [6.45, 7) is 5.03. The van der Waals surface area contributed by atoms with Gasteiger partial charge in [0.05, 0.1) is 25.2 Å². The molecule has 0 saturated heterocycles. The van der Waals surface area contributed by atoms with Crippen LogP contribution in [-0.2, 0) is 23.8 Å². The van der Waals surface area contributed by atoms with E-state index in [-0.39, 0.29) is 21.9 Å². The maximum atomic E-state index is 11.0. The number of hydrogen-bond acceptors (Lipinski definition) is 5. The first kappa shape index (κ1) is 21.6. The second-order valence-corrected chi connectivity index (χ2v) is 5.44. The summed E-state index contributed by atoms with van der Waals surface area (Å²) in [7, 11) is 1.61. The first-order valence-corrected chi connectivity index (χ1v) is 8.00. The van der Waals surface area contributed by atoms with Crippen LogP contribution in [0.2, 0.25) is 0 Å². The monoisotopic (exact) mass is 424 g/mol. The number of rotatable bonds is 8. The molecule has 0 bridgehead atoms. The van der Waals surface area contributed by atoms with E-state index in [1.54, 1.807) is 21.0 Å². The second-order valence-electron chi connectivity index (χ2n) is 3.90. The third kappa shape index (κ3) is 18.3. The van der Waals surface area contributed by atoms with Crippen LogP contribution >= 0.6 is 43.5 Å². The van der Waals surface area contributed by atoms with Crippen LogP contribution in [0.25, 0.3) is 0 Å². The summed E-state index contributed by atoms with van der Waals surface area (Å²) in [5.74, 6) is -0.287. The number of carbonyl (C=O) groups is 2. The predicted molar refractivity (Wildman–Crippen MR) is 81.3 cm³/mol. The molecule has 0 amide bonds. The highest BCUT2D eigenvalue weighted by Crippen LogP contribution is 2.10. The average Bonchev–Trinajstić information content (AvgIpc) is 2.34. The Bertz CT molecular complexity index is 261. The van der Waals surface area contributed by atoms with Crippen molar-refractivity contribution in [3.63, 3.8) is 0 Å². The lowest BCUT2D eigenvalue weighted by atomic mass is 10.1. The number of alkyl halides is 2. The van der Waals surface area contributed by atoms with Gasteiger partial charge in [-0.1, -0.05) is 31.9 Å². The van der Waals surface area contributed by atoms with Crippen molar-refractivity contribution >= 4 is 54.7 Å². The van der Waals surface area contributed by atoms with Gasteiger partial charge in [0.2, 0.25) is 5.24 Å². The van der Waals surface area contributed by atoms with Crippen LogP contribution in [0.5, 0.6) is 0 Å². The van der Waals surface area contributed by atoms with Crippen LogP contribution in [0.4, 0.5) is 0 Å². The molecule has 0 heterocycles. The highest BCUT2D eigenvalue weighted by molar-refractivity contribution is 9.09. The minimum Gasteiger partial charge on any atom is -0.457 e. The van der Waals surface area contributed by atoms with Gasteiger partial charge in [-0.05, 0) is 25.4 Å². The summed E-state index contributed by atoms with van der Waals surface area (Å²) in [5, 5.41) is 0.0910. The molecule has 0 unspecified atom stereocenters. The van der Waals surface area contributed by atoms with Crippen molar-refractivity contribution in [3.05, 3.63) is 0 Å². The average molecular weight is 427 g/mol. The van der Waals surface area contributed by atoms with Crippen LogP contribution in [0.1, 0.15) is 13.8 Å². The number of carbonyl (C=O) groups excluding carboxylic acids is 2. The molecule has 0 aliphatic heterocycles. The Morgan fingerprint density at radius 1 is 1.16 bits per heavy atom. The molecule has 0 spiro atoms. The molecule has 0 aliphatic rings. The Hall–Kier alpha value is 0.310. The van der Waals surface area contributed by atoms with Crippen LogP contribution < -0.4 is 0 Å². The summed E-state index contributed by atoms with van der Waals surface area (Å²) in [4.78, 5) is 20.5. The molecule has 0 aromatic heterocycles. The van der Waals surface area contributed by atoms with Gasteiger partial charge in [-0.2, -0.15) is 0 Å². The quantitative estimate of drug-likeness (QED) is 0.258. The van der Waals surface area contributed by atoms with Crippen molar-refractivity contribution in [1.29, 1.82) is 0 Å². The zero-order valence-electron chi connectivity index (χ0n) is 11.2. The van der Waals surface area contributed by atoms with Crippen LogP contribution in [-0.4, -0.2) is 54.4 Å². The smallest absolute Gasteiger partial charge is 0.317 e. The third-order valence-electron chi connectivity index (χ3n) is 1.49. The highest BCUT2D eigenvalue weighted by atomic mass is 79.9. The molecule has 5 nitrogen and oxygen atoms in total. The van der Waals surface area contributed by atoms with Crippen molar-refractivity contribution < 1.29 is 23.8 Å². The molecule has 114 valence electrons. The molecule has 0 rings (SSSR count). The van der Waals surface area contributed by atoms with E-state index in [1.807, 2.05) is 0 Å². The van der Waals surface area contributed by atoms with Gasteiger partial charge in [0.25, 0.3) is 0 Å². The van der Waals surface area contributed by atoms with Gasteiger partial charge >= 0.3 is 5.97 Å². The lowest BCUT2D eigenvalue weighted by Crippen LogP contribution is -2.34. The molecule has 0 N–H and O–H groups in total. The summed E-state index contributed by atoms with van der Waals surface area (Å²) in [6.07, 6.45) is 0. The number of ether oxygens (including phenoxy) is 3. The lowest BCUT2D eigenvalue weighted by Gasteiger charge is -2.24. The number of halogens is 3. The maximum absolute atomic E-state index is 11.0. The molecule has 0 saturated carbocycles. The van der Waals surface area contributed by atoms with E-state index in [2.05, 4.69) is 31.9 Å². The lowest BCUT2D eigenvalue weighted by molar-refractivity contribution is -0.158. The minimum absolute atomic E-state index is 0.203. The van der Waals surface area contributed by atoms with Crippen LogP contribution in [0.15, 0.2) is 0 Å². The fraction of sp³-hybridized carbons (Fsp3) is 0.818. The first-order valence-electron chi connectivity index (χ1n) is 5.37. The van der Waals surface area contributed by atoms with Gasteiger partial charge in [-0.25, -0.2) is 0 Å². The SMILES string of the molecule is COCCOCC(C)(C)OC(=O)CBr.O=C(Cl)CBr. The molecule has 19 heavy (non-hydrogen) atoms. The standard InChI is InChI=1S/C9H17BrO4.C2H2BrClO/c1-9(2,14-8(11)6-10)7-13-5-4-12-3;3-1-2(4)5/h4-7H2,1-3H3;1H2. The predicted octanol–water partition coefficient (Wildman–Crippen LogP) is 2.51. The van der Waals surface area contributed by atoms with Gasteiger partial charge < -0.3 is 14.2 Å². The van der Waals surface area contributed by atoms with Crippen molar-refractivity contribution in [3.8, 4) is 0 Å². The number of methoxy groups -OCH3 is 1. The van der Waals surface area contributed by atoms with Crippen LogP contribution in [0.3, 0.4) is 0 Å². The molecule has 0 aliphatic carbocycles. The number of esters is 1. The van der Waals surface area contributed by atoms with E-state index in [0.717, 1.165) is 0 Å². The van der Waals surface area contributed by atoms with E-state index in [1.165, 1.54) is 0 Å². The van der Waals surface area contributed by atoms with Crippen molar-refractivity contribution in [2.24, 2.45) is 0 Å². The second kappa shape index (κ2) is 13.3. The van der Waals surface area contributed by atoms with E-state index >= 15 is 0 Å². The van der Waals surface area contributed by atoms with E-state index in [4.69, 9.17) is 25.8 Å². The molecule has 0 atom stereocenters. The molecule has 0 radical (unpaired) electrons. The zero-order valence-corrected chi connectivity index (χ0v) is 15.1. The molecule has 0 aromatic carbocycles. The largest absolute Gasteiger partial charge is 0.457 e. The van der Waals surface area contributed by atoms with E-state index in [0.29, 0.717) is 19.8 Å².